The molecule has 2 aromatic rings. The van der Waals surface area contributed by atoms with Gasteiger partial charge in [-0.2, -0.15) is 0 Å². The van der Waals surface area contributed by atoms with Gasteiger partial charge in [-0.1, -0.05) is 48.5 Å². The molecule has 0 saturated heterocycles. The maximum atomic E-state index is 11.8. The second kappa shape index (κ2) is 11.0. The number of para-hydroxylation sites is 1. The Kier molecular flexibility index (Phi) is 8.36. The van der Waals surface area contributed by atoms with E-state index in [1.54, 1.807) is 0 Å². The molecule has 2 rings (SSSR count). The number of amides is 2. The second-order valence-electron chi connectivity index (χ2n) is 6.54. The van der Waals surface area contributed by atoms with Gasteiger partial charge in [0.1, 0.15) is 5.75 Å². The van der Waals surface area contributed by atoms with Crippen molar-refractivity contribution in [3.05, 3.63) is 65.2 Å². The molecule has 2 N–H and O–H groups in total. The molecule has 0 bridgehead atoms. The summed E-state index contributed by atoms with van der Waals surface area (Å²) < 4.78 is 5.79. The minimum absolute atomic E-state index is 0.0302. The predicted molar refractivity (Wildman–Crippen MR) is 107 cm³/mol. The number of hydrogen-bond acceptors (Lipinski definition) is 3. The molecule has 0 saturated carbocycles. The quantitative estimate of drug-likeness (QED) is 0.634. The number of benzene rings is 2. The SMILES string of the molecule is Cc1cccc(C)c1OCCCC(=O)NCCNC(=O)Cc1ccccc1. The van der Waals surface area contributed by atoms with Crippen molar-refractivity contribution < 1.29 is 14.3 Å². The summed E-state index contributed by atoms with van der Waals surface area (Å²) in [5, 5.41) is 5.62. The van der Waals surface area contributed by atoms with Gasteiger partial charge in [0, 0.05) is 19.5 Å². The normalized spacial score (nSPS) is 10.3. The lowest BCUT2D eigenvalue weighted by atomic mass is 10.1. The van der Waals surface area contributed by atoms with Gasteiger partial charge in [0.15, 0.2) is 0 Å². The summed E-state index contributed by atoms with van der Waals surface area (Å²) in [7, 11) is 0. The van der Waals surface area contributed by atoms with Crippen molar-refractivity contribution in [1.82, 2.24) is 10.6 Å². The standard InChI is InChI=1S/C22H28N2O3/c1-17-8-6-9-18(2)22(17)27-15-7-12-20(25)23-13-14-24-21(26)16-19-10-4-3-5-11-19/h3-6,8-11H,7,12-16H2,1-2H3,(H,23,25)(H,24,26). The average Bonchev–Trinajstić information content (AvgIpc) is 2.65. The van der Waals surface area contributed by atoms with Gasteiger partial charge in [0.2, 0.25) is 11.8 Å². The predicted octanol–water partition coefficient (Wildman–Crippen LogP) is 2.94. The van der Waals surface area contributed by atoms with Gasteiger partial charge in [0.05, 0.1) is 13.0 Å². The Hall–Kier alpha value is -2.82. The monoisotopic (exact) mass is 368 g/mol. The highest BCUT2D eigenvalue weighted by atomic mass is 16.5. The summed E-state index contributed by atoms with van der Waals surface area (Å²) >= 11 is 0. The highest BCUT2D eigenvalue weighted by Gasteiger charge is 2.06. The van der Waals surface area contributed by atoms with Crippen LogP contribution in [0.2, 0.25) is 0 Å². The van der Waals surface area contributed by atoms with Crippen LogP contribution in [0.25, 0.3) is 0 Å². The number of ether oxygens (including phenoxy) is 1. The molecule has 2 amide bonds. The lowest BCUT2D eigenvalue weighted by Gasteiger charge is -2.12. The first-order valence-electron chi connectivity index (χ1n) is 9.32. The number of carbonyl (C=O) groups is 2. The molecule has 0 aliphatic carbocycles. The van der Waals surface area contributed by atoms with Crippen LogP contribution in [0.4, 0.5) is 0 Å². The van der Waals surface area contributed by atoms with Gasteiger partial charge in [0.25, 0.3) is 0 Å². The molecule has 0 aromatic heterocycles. The highest BCUT2D eigenvalue weighted by molar-refractivity contribution is 5.78. The Morgan fingerprint density at radius 2 is 1.48 bits per heavy atom. The van der Waals surface area contributed by atoms with Crippen LogP contribution in [0.3, 0.4) is 0 Å². The van der Waals surface area contributed by atoms with Crippen molar-refractivity contribution in [2.45, 2.75) is 33.1 Å². The molecule has 0 spiro atoms. The van der Waals surface area contributed by atoms with E-state index < -0.39 is 0 Å². The van der Waals surface area contributed by atoms with E-state index in [0.717, 1.165) is 22.4 Å². The summed E-state index contributed by atoms with van der Waals surface area (Å²) in [6.07, 6.45) is 1.41. The molecular formula is C22H28N2O3. The van der Waals surface area contributed by atoms with E-state index in [9.17, 15) is 9.59 Å². The van der Waals surface area contributed by atoms with Gasteiger partial charge in [-0.3, -0.25) is 9.59 Å². The first kappa shape index (κ1) is 20.5. The number of hydrogen-bond donors (Lipinski definition) is 2. The van der Waals surface area contributed by atoms with Crippen molar-refractivity contribution in [3.8, 4) is 5.75 Å². The zero-order chi connectivity index (χ0) is 19.5. The molecule has 0 atom stereocenters. The lowest BCUT2D eigenvalue weighted by molar-refractivity contribution is -0.122. The third kappa shape index (κ3) is 7.52. The van der Waals surface area contributed by atoms with E-state index in [-0.39, 0.29) is 11.8 Å². The topological polar surface area (TPSA) is 67.4 Å². The zero-order valence-corrected chi connectivity index (χ0v) is 16.1. The maximum absolute atomic E-state index is 11.8. The molecule has 144 valence electrons. The molecule has 0 aliphatic heterocycles. The summed E-state index contributed by atoms with van der Waals surface area (Å²) in [6, 6.07) is 15.6. The fraction of sp³-hybridized carbons (Fsp3) is 0.364. The van der Waals surface area contributed by atoms with E-state index in [4.69, 9.17) is 4.74 Å². The van der Waals surface area contributed by atoms with E-state index in [1.165, 1.54) is 0 Å². The van der Waals surface area contributed by atoms with Gasteiger partial charge in [-0.15, -0.1) is 0 Å². The summed E-state index contributed by atoms with van der Waals surface area (Å²) in [5.74, 6) is 0.828. The minimum Gasteiger partial charge on any atom is -0.493 e. The number of nitrogens with one attached hydrogen (secondary N) is 2. The van der Waals surface area contributed by atoms with E-state index in [0.29, 0.717) is 39.0 Å². The molecule has 27 heavy (non-hydrogen) atoms. The zero-order valence-electron chi connectivity index (χ0n) is 16.1. The van der Waals surface area contributed by atoms with Crippen LogP contribution in [-0.4, -0.2) is 31.5 Å². The Balaban J connectivity index is 1.54. The first-order valence-corrected chi connectivity index (χ1v) is 9.32. The molecule has 0 unspecified atom stereocenters. The Bertz CT molecular complexity index is 724. The third-order valence-corrected chi connectivity index (χ3v) is 4.18. The summed E-state index contributed by atoms with van der Waals surface area (Å²) in [6.45, 7) is 5.39. The Morgan fingerprint density at radius 3 is 2.15 bits per heavy atom. The Labute approximate surface area is 161 Å². The fourth-order valence-corrected chi connectivity index (χ4v) is 2.77. The van der Waals surface area contributed by atoms with Crippen molar-refractivity contribution in [3.63, 3.8) is 0 Å². The molecule has 0 radical (unpaired) electrons. The minimum atomic E-state index is -0.0440. The van der Waals surface area contributed by atoms with Crippen molar-refractivity contribution >= 4 is 11.8 Å². The smallest absolute Gasteiger partial charge is 0.224 e. The van der Waals surface area contributed by atoms with Crippen molar-refractivity contribution in [2.24, 2.45) is 0 Å². The third-order valence-electron chi connectivity index (χ3n) is 4.18. The van der Waals surface area contributed by atoms with Crippen LogP contribution in [0.5, 0.6) is 5.75 Å². The van der Waals surface area contributed by atoms with Gasteiger partial charge >= 0.3 is 0 Å². The van der Waals surface area contributed by atoms with Crippen LogP contribution in [0.15, 0.2) is 48.5 Å². The molecule has 0 fully saturated rings. The molecule has 2 aromatic carbocycles. The molecule has 5 heteroatoms. The summed E-state index contributed by atoms with van der Waals surface area (Å²) in [4.78, 5) is 23.7. The van der Waals surface area contributed by atoms with E-state index >= 15 is 0 Å². The Morgan fingerprint density at radius 1 is 0.852 bits per heavy atom. The average molecular weight is 368 g/mol. The van der Waals surface area contributed by atoms with Crippen LogP contribution in [0, 0.1) is 13.8 Å². The molecular weight excluding hydrogens is 340 g/mol. The van der Waals surface area contributed by atoms with Crippen molar-refractivity contribution in [1.29, 1.82) is 0 Å². The van der Waals surface area contributed by atoms with Crippen LogP contribution >= 0.6 is 0 Å². The number of aryl methyl sites for hydroxylation is 2. The summed E-state index contributed by atoms with van der Waals surface area (Å²) in [5.41, 5.74) is 3.18. The van der Waals surface area contributed by atoms with Crippen molar-refractivity contribution in [2.75, 3.05) is 19.7 Å². The van der Waals surface area contributed by atoms with Crippen LogP contribution in [-0.2, 0) is 16.0 Å². The largest absolute Gasteiger partial charge is 0.493 e. The molecule has 0 aliphatic rings. The molecule has 5 nitrogen and oxygen atoms in total. The highest BCUT2D eigenvalue weighted by Crippen LogP contribution is 2.22. The maximum Gasteiger partial charge on any atom is 0.224 e. The lowest BCUT2D eigenvalue weighted by Crippen LogP contribution is -2.35. The molecule has 0 heterocycles. The first-order chi connectivity index (χ1) is 13.1. The van der Waals surface area contributed by atoms with Gasteiger partial charge < -0.3 is 15.4 Å². The second-order valence-corrected chi connectivity index (χ2v) is 6.54. The van der Waals surface area contributed by atoms with Gasteiger partial charge in [-0.05, 0) is 37.0 Å². The fourth-order valence-electron chi connectivity index (χ4n) is 2.77. The van der Waals surface area contributed by atoms with Crippen LogP contribution in [0.1, 0.15) is 29.5 Å². The van der Waals surface area contributed by atoms with E-state index in [1.807, 2.05) is 62.4 Å². The van der Waals surface area contributed by atoms with E-state index in [2.05, 4.69) is 10.6 Å². The van der Waals surface area contributed by atoms with Crippen LogP contribution < -0.4 is 15.4 Å². The number of rotatable bonds is 10. The number of carbonyl (C=O) groups excluding carboxylic acids is 2. The van der Waals surface area contributed by atoms with Gasteiger partial charge in [-0.25, -0.2) is 0 Å².